The maximum Gasteiger partial charge on any atom is 0.321 e. The molecule has 1 saturated heterocycles. The van der Waals surface area contributed by atoms with Crippen LogP contribution in [0, 0.1) is 5.92 Å². The van der Waals surface area contributed by atoms with Gasteiger partial charge in [-0.05, 0) is 33.1 Å². The van der Waals surface area contributed by atoms with E-state index in [-0.39, 0.29) is 5.97 Å². The fraction of sp³-hybridized carbons (Fsp3) is 0.769. The van der Waals surface area contributed by atoms with E-state index in [4.69, 9.17) is 14.0 Å². The number of carbonyl (C=O) groups is 1. The van der Waals surface area contributed by atoms with Gasteiger partial charge in [-0.2, -0.15) is 4.98 Å². The lowest BCUT2D eigenvalue weighted by molar-refractivity contribution is -0.149. The van der Waals surface area contributed by atoms with Gasteiger partial charge in [-0.15, -0.1) is 0 Å². The first-order valence-corrected chi connectivity index (χ1v) is 6.62. The van der Waals surface area contributed by atoms with Crippen LogP contribution in [0.15, 0.2) is 4.52 Å². The number of esters is 1. The summed E-state index contributed by atoms with van der Waals surface area (Å²) in [7, 11) is 0. The van der Waals surface area contributed by atoms with Gasteiger partial charge in [-0.3, -0.25) is 4.79 Å². The Morgan fingerprint density at radius 3 is 2.95 bits per heavy atom. The van der Waals surface area contributed by atoms with E-state index in [0.717, 1.165) is 26.1 Å². The van der Waals surface area contributed by atoms with Gasteiger partial charge in [-0.25, -0.2) is 0 Å². The fourth-order valence-electron chi connectivity index (χ4n) is 1.99. The molecule has 2 heterocycles. The number of rotatable bonds is 5. The minimum Gasteiger partial charge on any atom is -0.465 e. The molecule has 106 valence electrons. The molecule has 0 spiro atoms. The van der Waals surface area contributed by atoms with E-state index < -0.39 is 5.41 Å². The smallest absolute Gasteiger partial charge is 0.321 e. The predicted octanol–water partition coefficient (Wildman–Crippen LogP) is 1.49. The number of hydrogen-bond acceptors (Lipinski definition) is 6. The number of hydrogen-bond donors (Lipinski definition) is 0. The van der Waals surface area contributed by atoms with Crippen LogP contribution >= 0.6 is 0 Å². The second-order valence-electron chi connectivity index (χ2n) is 5.29. The average Bonchev–Trinajstić information content (AvgIpc) is 3.01. The Balaban J connectivity index is 2.04. The Morgan fingerprint density at radius 1 is 1.53 bits per heavy atom. The molecule has 0 amide bonds. The van der Waals surface area contributed by atoms with Crippen molar-refractivity contribution >= 4 is 5.97 Å². The first-order chi connectivity index (χ1) is 9.04. The molecule has 19 heavy (non-hydrogen) atoms. The van der Waals surface area contributed by atoms with Crippen LogP contribution in [0.4, 0.5) is 0 Å². The van der Waals surface area contributed by atoms with Crippen LogP contribution in [0.3, 0.4) is 0 Å². The highest BCUT2D eigenvalue weighted by atomic mass is 16.5. The van der Waals surface area contributed by atoms with Gasteiger partial charge in [0.1, 0.15) is 5.41 Å². The molecular weight excluding hydrogens is 248 g/mol. The molecule has 1 aliphatic rings. The molecule has 0 N–H and O–H groups in total. The first kappa shape index (κ1) is 14.0. The molecule has 0 saturated carbocycles. The van der Waals surface area contributed by atoms with Gasteiger partial charge >= 0.3 is 5.97 Å². The van der Waals surface area contributed by atoms with Crippen LogP contribution < -0.4 is 0 Å². The van der Waals surface area contributed by atoms with E-state index in [0.29, 0.717) is 24.2 Å². The fourth-order valence-corrected chi connectivity index (χ4v) is 1.99. The van der Waals surface area contributed by atoms with E-state index in [2.05, 4.69) is 10.1 Å². The van der Waals surface area contributed by atoms with Crippen LogP contribution in [-0.4, -0.2) is 35.9 Å². The molecule has 0 bridgehead atoms. The summed E-state index contributed by atoms with van der Waals surface area (Å²) in [6.45, 7) is 7.09. The Kier molecular flexibility index (Phi) is 4.19. The molecule has 0 aliphatic carbocycles. The van der Waals surface area contributed by atoms with Crippen LogP contribution in [0.25, 0.3) is 0 Å². The average molecular weight is 268 g/mol. The number of ether oxygens (including phenoxy) is 2. The highest BCUT2D eigenvalue weighted by Crippen LogP contribution is 2.24. The predicted molar refractivity (Wildman–Crippen MR) is 66.6 cm³/mol. The molecule has 1 atom stereocenters. The van der Waals surface area contributed by atoms with Crippen molar-refractivity contribution in [3.8, 4) is 0 Å². The SMILES string of the molecule is CCOC(=O)C(C)(C)c1nc(CC2CCOC2)no1. The Hall–Kier alpha value is -1.43. The van der Waals surface area contributed by atoms with Crippen molar-refractivity contribution in [2.75, 3.05) is 19.8 Å². The largest absolute Gasteiger partial charge is 0.465 e. The lowest BCUT2D eigenvalue weighted by Gasteiger charge is -2.17. The molecule has 0 aromatic carbocycles. The van der Waals surface area contributed by atoms with Crippen molar-refractivity contribution in [3.63, 3.8) is 0 Å². The highest BCUT2D eigenvalue weighted by molar-refractivity contribution is 5.80. The molecular formula is C13H20N2O4. The molecule has 1 aromatic heterocycles. The topological polar surface area (TPSA) is 74.5 Å². The van der Waals surface area contributed by atoms with Gasteiger partial charge in [-0.1, -0.05) is 5.16 Å². The molecule has 6 nitrogen and oxygen atoms in total. The summed E-state index contributed by atoms with van der Waals surface area (Å²) in [6.07, 6.45) is 1.74. The van der Waals surface area contributed by atoms with E-state index >= 15 is 0 Å². The van der Waals surface area contributed by atoms with Crippen LogP contribution in [-0.2, 0) is 26.1 Å². The lowest BCUT2D eigenvalue weighted by atomic mass is 9.93. The van der Waals surface area contributed by atoms with Crippen molar-refractivity contribution in [2.24, 2.45) is 5.92 Å². The summed E-state index contributed by atoms with van der Waals surface area (Å²) < 4.78 is 15.5. The van der Waals surface area contributed by atoms with E-state index in [9.17, 15) is 4.79 Å². The van der Waals surface area contributed by atoms with Crippen molar-refractivity contribution < 1.29 is 18.8 Å². The van der Waals surface area contributed by atoms with Crippen molar-refractivity contribution in [2.45, 2.75) is 39.0 Å². The summed E-state index contributed by atoms with van der Waals surface area (Å²) in [4.78, 5) is 16.2. The Morgan fingerprint density at radius 2 is 2.32 bits per heavy atom. The van der Waals surface area contributed by atoms with Crippen molar-refractivity contribution in [1.29, 1.82) is 0 Å². The minimum atomic E-state index is -0.909. The van der Waals surface area contributed by atoms with Gasteiger partial charge in [0.25, 0.3) is 0 Å². The third kappa shape index (κ3) is 3.12. The maximum absolute atomic E-state index is 11.8. The van der Waals surface area contributed by atoms with Crippen LogP contribution in [0.2, 0.25) is 0 Å². The first-order valence-electron chi connectivity index (χ1n) is 6.62. The summed E-state index contributed by atoms with van der Waals surface area (Å²) in [5.74, 6) is 1.02. The van der Waals surface area contributed by atoms with Gasteiger partial charge < -0.3 is 14.0 Å². The van der Waals surface area contributed by atoms with Crippen molar-refractivity contribution in [1.82, 2.24) is 10.1 Å². The summed E-state index contributed by atoms with van der Waals surface area (Å²) in [5, 5.41) is 3.94. The highest BCUT2D eigenvalue weighted by Gasteiger charge is 2.37. The number of aromatic nitrogens is 2. The summed E-state index contributed by atoms with van der Waals surface area (Å²) in [6, 6.07) is 0. The van der Waals surface area contributed by atoms with E-state index in [1.165, 1.54) is 0 Å². The zero-order valence-electron chi connectivity index (χ0n) is 11.6. The molecule has 1 aromatic rings. The van der Waals surface area contributed by atoms with Crippen LogP contribution in [0.1, 0.15) is 38.9 Å². The maximum atomic E-state index is 11.8. The van der Waals surface area contributed by atoms with E-state index in [1.807, 2.05) is 0 Å². The normalized spacial score (nSPS) is 19.6. The number of nitrogens with zero attached hydrogens (tertiary/aromatic N) is 2. The monoisotopic (exact) mass is 268 g/mol. The minimum absolute atomic E-state index is 0.305. The van der Waals surface area contributed by atoms with Gasteiger partial charge in [0.2, 0.25) is 5.89 Å². The molecule has 1 aliphatic heterocycles. The second-order valence-corrected chi connectivity index (χ2v) is 5.29. The van der Waals surface area contributed by atoms with E-state index in [1.54, 1.807) is 20.8 Å². The zero-order valence-corrected chi connectivity index (χ0v) is 11.6. The third-order valence-corrected chi connectivity index (χ3v) is 3.28. The molecule has 6 heteroatoms. The quantitative estimate of drug-likeness (QED) is 0.753. The Labute approximate surface area is 112 Å². The van der Waals surface area contributed by atoms with Gasteiger partial charge in [0, 0.05) is 19.6 Å². The summed E-state index contributed by atoms with van der Waals surface area (Å²) in [5.41, 5.74) is -0.909. The Bertz CT molecular complexity index is 436. The second kappa shape index (κ2) is 5.69. The van der Waals surface area contributed by atoms with Gasteiger partial charge in [0.05, 0.1) is 6.61 Å². The summed E-state index contributed by atoms with van der Waals surface area (Å²) >= 11 is 0. The number of carbonyl (C=O) groups excluding carboxylic acids is 1. The third-order valence-electron chi connectivity index (χ3n) is 3.28. The molecule has 2 rings (SSSR count). The van der Waals surface area contributed by atoms with Gasteiger partial charge in [0.15, 0.2) is 5.82 Å². The lowest BCUT2D eigenvalue weighted by Crippen LogP contribution is -2.31. The zero-order chi connectivity index (χ0) is 13.9. The van der Waals surface area contributed by atoms with Crippen molar-refractivity contribution in [3.05, 3.63) is 11.7 Å². The standard InChI is InChI=1S/C13H20N2O4/c1-4-18-12(16)13(2,3)11-14-10(15-19-11)7-9-5-6-17-8-9/h9H,4-8H2,1-3H3. The molecule has 1 unspecified atom stereocenters. The molecule has 1 fully saturated rings. The van der Waals surface area contributed by atoms with Crippen LogP contribution in [0.5, 0.6) is 0 Å². The molecule has 0 radical (unpaired) electrons.